The molecule has 7 heteroatoms. The fourth-order valence-corrected chi connectivity index (χ4v) is 1.74. The molecule has 0 atom stereocenters. The summed E-state index contributed by atoms with van der Waals surface area (Å²) in [5, 5.41) is 22.7. The molecule has 0 aliphatic rings. The van der Waals surface area contributed by atoms with Crippen LogP contribution in [-0.2, 0) is 11.2 Å². The van der Waals surface area contributed by atoms with Crippen molar-refractivity contribution in [1.82, 2.24) is 4.98 Å². The fourth-order valence-electron chi connectivity index (χ4n) is 1.74. The summed E-state index contributed by atoms with van der Waals surface area (Å²) in [6.07, 6.45) is 2.32. The Morgan fingerprint density at radius 1 is 1.33 bits per heavy atom. The van der Waals surface area contributed by atoms with E-state index in [1.807, 2.05) is 12.1 Å². The van der Waals surface area contributed by atoms with Gasteiger partial charge in [-0.1, -0.05) is 6.07 Å². The Morgan fingerprint density at radius 2 is 2.14 bits per heavy atom. The number of aryl methyl sites for hydroxylation is 1. The molecule has 0 bridgehead atoms. The average molecular weight is 287 g/mol. The molecule has 1 heterocycles. The van der Waals surface area contributed by atoms with E-state index in [-0.39, 0.29) is 29.5 Å². The minimum Gasteiger partial charge on any atom is -0.506 e. The molecule has 0 saturated carbocycles. The largest absolute Gasteiger partial charge is 0.506 e. The van der Waals surface area contributed by atoms with Crippen LogP contribution in [-0.4, -0.2) is 20.9 Å². The Morgan fingerprint density at radius 3 is 2.76 bits per heavy atom. The van der Waals surface area contributed by atoms with Gasteiger partial charge in [-0.15, -0.1) is 0 Å². The standard InChI is InChI=1S/C14H13N3O4/c18-13-9-11(17(20)21)5-6-12(13)16-14(19)7-4-10-3-1-2-8-15-10/h1-3,5-6,8-9,18H,4,7H2,(H,16,19). The SMILES string of the molecule is O=C(CCc1ccccn1)Nc1ccc([N+](=O)[O-])cc1O. The van der Waals surface area contributed by atoms with Crippen LogP contribution in [0.2, 0.25) is 0 Å². The number of carbonyl (C=O) groups excluding carboxylic acids is 1. The molecule has 0 aliphatic heterocycles. The fraction of sp³-hybridized carbons (Fsp3) is 0.143. The van der Waals surface area contributed by atoms with E-state index in [2.05, 4.69) is 10.3 Å². The van der Waals surface area contributed by atoms with Gasteiger partial charge in [0, 0.05) is 24.4 Å². The third-order valence-corrected chi connectivity index (χ3v) is 2.80. The lowest BCUT2D eigenvalue weighted by Crippen LogP contribution is -2.12. The van der Waals surface area contributed by atoms with Crippen LogP contribution in [0.5, 0.6) is 5.75 Å². The second-order valence-corrected chi connectivity index (χ2v) is 4.33. The van der Waals surface area contributed by atoms with Gasteiger partial charge in [0.1, 0.15) is 5.75 Å². The maximum atomic E-state index is 11.8. The molecule has 0 saturated heterocycles. The number of nitro benzene ring substituents is 1. The normalized spacial score (nSPS) is 10.1. The number of hydrogen-bond donors (Lipinski definition) is 2. The van der Waals surface area contributed by atoms with Gasteiger partial charge in [0.05, 0.1) is 16.7 Å². The topological polar surface area (TPSA) is 105 Å². The number of rotatable bonds is 5. The molecule has 21 heavy (non-hydrogen) atoms. The third kappa shape index (κ3) is 4.00. The number of aromatic nitrogens is 1. The Labute approximate surface area is 120 Å². The van der Waals surface area contributed by atoms with Crippen molar-refractivity contribution in [3.63, 3.8) is 0 Å². The van der Waals surface area contributed by atoms with Gasteiger partial charge < -0.3 is 10.4 Å². The number of hydrogen-bond acceptors (Lipinski definition) is 5. The van der Waals surface area contributed by atoms with Crippen molar-refractivity contribution in [2.75, 3.05) is 5.32 Å². The van der Waals surface area contributed by atoms with Crippen molar-refractivity contribution in [3.8, 4) is 5.75 Å². The number of phenolic OH excluding ortho intramolecular Hbond substituents is 1. The molecular weight excluding hydrogens is 274 g/mol. The molecule has 0 aliphatic carbocycles. The molecule has 2 rings (SSSR count). The molecule has 0 unspecified atom stereocenters. The summed E-state index contributed by atoms with van der Waals surface area (Å²) >= 11 is 0. The minimum absolute atomic E-state index is 0.145. The maximum absolute atomic E-state index is 11.8. The molecule has 2 aromatic rings. The zero-order valence-electron chi connectivity index (χ0n) is 11.0. The molecule has 2 N–H and O–H groups in total. The van der Waals surface area contributed by atoms with Crippen LogP contribution in [0.3, 0.4) is 0 Å². The Balaban J connectivity index is 1.95. The van der Waals surface area contributed by atoms with Gasteiger partial charge >= 0.3 is 0 Å². The Hall–Kier alpha value is -2.96. The number of carbonyl (C=O) groups is 1. The molecule has 7 nitrogen and oxygen atoms in total. The van der Waals surface area contributed by atoms with E-state index in [0.29, 0.717) is 6.42 Å². The van der Waals surface area contributed by atoms with Crippen LogP contribution in [0.15, 0.2) is 42.6 Å². The van der Waals surface area contributed by atoms with Gasteiger partial charge in [-0.3, -0.25) is 19.9 Å². The number of benzene rings is 1. The van der Waals surface area contributed by atoms with Crippen LogP contribution in [0.4, 0.5) is 11.4 Å². The number of pyridine rings is 1. The first-order chi connectivity index (χ1) is 10.1. The van der Waals surface area contributed by atoms with Crippen molar-refractivity contribution >= 4 is 17.3 Å². The van der Waals surface area contributed by atoms with Crippen LogP contribution >= 0.6 is 0 Å². The van der Waals surface area contributed by atoms with Crippen LogP contribution in [0.25, 0.3) is 0 Å². The Bertz CT molecular complexity index is 659. The number of nitro groups is 1. The summed E-state index contributed by atoms with van der Waals surface area (Å²) in [7, 11) is 0. The molecule has 1 aromatic heterocycles. The third-order valence-electron chi connectivity index (χ3n) is 2.80. The van der Waals surface area contributed by atoms with E-state index in [1.165, 1.54) is 12.1 Å². The van der Waals surface area contributed by atoms with E-state index in [4.69, 9.17) is 0 Å². The highest BCUT2D eigenvalue weighted by Gasteiger charge is 2.12. The molecule has 0 spiro atoms. The number of nitrogens with one attached hydrogen (secondary N) is 1. The number of non-ortho nitro benzene ring substituents is 1. The lowest BCUT2D eigenvalue weighted by atomic mass is 10.2. The van der Waals surface area contributed by atoms with Gasteiger partial charge in [0.2, 0.25) is 5.91 Å². The van der Waals surface area contributed by atoms with Gasteiger partial charge in [-0.05, 0) is 24.6 Å². The molecule has 0 fully saturated rings. The summed E-state index contributed by atoms with van der Waals surface area (Å²) in [5.41, 5.74) is 0.700. The van der Waals surface area contributed by atoms with Crippen molar-refractivity contribution < 1.29 is 14.8 Å². The van der Waals surface area contributed by atoms with Crippen LogP contribution < -0.4 is 5.32 Å². The summed E-state index contributed by atoms with van der Waals surface area (Å²) in [6, 6.07) is 8.95. The lowest BCUT2D eigenvalue weighted by molar-refractivity contribution is -0.384. The number of anilines is 1. The van der Waals surface area contributed by atoms with Crippen LogP contribution in [0, 0.1) is 10.1 Å². The first kappa shape index (κ1) is 14.4. The Kier molecular flexibility index (Phi) is 4.45. The predicted octanol–water partition coefficient (Wildman–Crippen LogP) is 2.27. The lowest BCUT2D eigenvalue weighted by Gasteiger charge is -2.07. The summed E-state index contributed by atoms with van der Waals surface area (Å²) in [6.45, 7) is 0. The highest BCUT2D eigenvalue weighted by molar-refractivity contribution is 5.92. The number of aromatic hydroxyl groups is 1. The molecule has 1 amide bonds. The zero-order chi connectivity index (χ0) is 15.2. The summed E-state index contributed by atoms with van der Waals surface area (Å²) < 4.78 is 0. The van der Waals surface area contributed by atoms with Crippen molar-refractivity contribution in [2.45, 2.75) is 12.8 Å². The van der Waals surface area contributed by atoms with E-state index >= 15 is 0 Å². The minimum atomic E-state index is -0.619. The molecule has 108 valence electrons. The smallest absolute Gasteiger partial charge is 0.273 e. The van der Waals surface area contributed by atoms with E-state index in [1.54, 1.807) is 12.3 Å². The van der Waals surface area contributed by atoms with E-state index in [9.17, 15) is 20.0 Å². The summed E-state index contributed by atoms with van der Waals surface area (Å²) in [5.74, 6) is -0.639. The first-order valence-corrected chi connectivity index (χ1v) is 6.23. The van der Waals surface area contributed by atoms with Gasteiger partial charge in [0.15, 0.2) is 0 Å². The molecule has 1 aromatic carbocycles. The quantitative estimate of drug-likeness (QED) is 0.498. The highest BCUT2D eigenvalue weighted by atomic mass is 16.6. The maximum Gasteiger partial charge on any atom is 0.273 e. The highest BCUT2D eigenvalue weighted by Crippen LogP contribution is 2.27. The van der Waals surface area contributed by atoms with Gasteiger partial charge in [-0.2, -0.15) is 0 Å². The summed E-state index contributed by atoms with van der Waals surface area (Å²) in [4.78, 5) is 25.8. The number of phenols is 1. The predicted molar refractivity (Wildman–Crippen MR) is 75.9 cm³/mol. The van der Waals surface area contributed by atoms with Crippen molar-refractivity contribution in [2.24, 2.45) is 0 Å². The average Bonchev–Trinajstić information content (AvgIpc) is 2.48. The monoisotopic (exact) mass is 287 g/mol. The van der Waals surface area contributed by atoms with Crippen molar-refractivity contribution in [1.29, 1.82) is 0 Å². The second-order valence-electron chi connectivity index (χ2n) is 4.33. The van der Waals surface area contributed by atoms with E-state index in [0.717, 1.165) is 11.8 Å². The van der Waals surface area contributed by atoms with Crippen molar-refractivity contribution in [3.05, 3.63) is 58.4 Å². The first-order valence-electron chi connectivity index (χ1n) is 6.23. The van der Waals surface area contributed by atoms with E-state index < -0.39 is 4.92 Å². The van der Waals surface area contributed by atoms with Gasteiger partial charge in [-0.25, -0.2) is 0 Å². The zero-order valence-corrected chi connectivity index (χ0v) is 11.0. The number of nitrogens with zero attached hydrogens (tertiary/aromatic N) is 2. The molecule has 0 radical (unpaired) electrons. The number of amides is 1. The van der Waals surface area contributed by atoms with Gasteiger partial charge in [0.25, 0.3) is 5.69 Å². The second kappa shape index (κ2) is 6.47. The molecular formula is C14H13N3O4. The van der Waals surface area contributed by atoms with Crippen LogP contribution in [0.1, 0.15) is 12.1 Å².